The van der Waals surface area contributed by atoms with E-state index in [1.54, 1.807) is 19.1 Å². The van der Waals surface area contributed by atoms with Crippen LogP contribution in [0.5, 0.6) is 5.75 Å². The van der Waals surface area contributed by atoms with Gasteiger partial charge in [-0.25, -0.2) is 0 Å². The normalized spacial score (nSPS) is 10.9. The van der Waals surface area contributed by atoms with Crippen molar-refractivity contribution >= 4 is 28.7 Å². The molecule has 0 radical (unpaired) electrons. The zero-order valence-corrected chi connectivity index (χ0v) is 18.1. The number of aryl methyl sites for hydroxylation is 3. The van der Waals surface area contributed by atoms with Crippen LogP contribution in [0.2, 0.25) is 0 Å². The van der Waals surface area contributed by atoms with Gasteiger partial charge < -0.3 is 15.4 Å². The topological polar surface area (TPSA) is 51.1 Å². The lowest BCUT2D eigenvalue weighted by Gasteiger charge is -2.15. The second-order valence-corrected chi connectivity index (χ2v) is 7.55. The number of ether oxygens (including phenoxy) is 1. The standard InChI is InChI=1S/C22H24F2N4OS/c1-13-5-8-17(9-6-13)12-28-16(4)20(15(3)27-28)26-22(30)25-18-10-7-14(2)11-19(18)29-21(23)24/h5-11,21H,12H2,1-4H3,(H2,25,26,30). The molecule has 0 saturated heterocycles. The average molecular weight is 431 g/mol. The van der Waals surface area contributed by atoms with Gasteiger partial charge in [-0.1, -0.05) is 35.9 Å². The van der Waals surface area contributed by atoms with Gasteiger partial charge in [-0.05, 0) is 63.2 Å². The number of nitrogens with zero attached hydrogens (tertiary/aromatic N) is 2. The Morgan fingerprint density at radius 2 is 1.70 bits per heavy atom. The summed E-state index contributed by atoms with van der Waals surface area (Å²) in [5.74, 6) is 0.0395. The molecule has 0 aliphatic rings. The van der Waals surface area contributed by atoms with Crippen molar-refractivity contribution in [3.05, 3.63) is 70.5 Å². The van der Waals surface area contributed by atoms with Gasteiger partial charge in [-0.15, -0.1) is 0 Å². The van der Waals surface area contributed by atoms with Crippen LogP contribution >= 0.6 is 12.2 Å². The van der Waals surface area contributed by atoms with E-state index < -0.39 is 6.61 Å². The molecular formula is C22H24F2N4OS. The fourth-order valence-corrected chi connectivity index (χ4v) is 3.30. The first-order valence-electron chi connectivity index (χ1n) is 9.46. The predicted octanol–water partition coefficient (Wildman–Crippen LogP) is 5.58. The molecule has 0 bridgehead atoms. The number of hydrogen-bond donors (Lipinski definition) is 2. The predicted molar refractivity (Wildman–Crippen MR) is 120 cm³/mol. The van der Waals surface area contributed by atoms with E-state index >= 15 is 0 Å². The van der Waals surface area contributed by atoms with E-state index in [1.165, 1.54) is 11.6 Å². The molecule has 1 heterocycles. The lowest BCUT2D eigenvalue weighted by molar-refractivity contribution is -0.0493. The highest BCUT2D eigenvalue weighted by Gasteiger charge is 2.15. The Hall–Kier alpha value is -3.00. The number of rotatable bonds is 6. The van der Waals surface area contributed by atoms with Crippen LogP contribution < -0.4 is 15.4 Å². The van der Waals surface area contributed by atoms with Crippen molar-refractivity contribution in [1.82, 2.24) is 9.78 Å². The molecule has 2 N–H and O–H groups in total. The fourth-order valence-electron chi connectivity index (χ4n) is 3.09. The Kier molecular flexibility index (Phi) is 6.66. The van der Waals surface area contributed by atoms with Crippen LogP contribution in [0.4, 0.5) is 20.2 Å². The maximum Gasteiger partial charge on any atom is 0.387 e. The highest BCUT2D eigenvalue weighted by molar-refractivity contribution is 7.80. The van der Waals surface area contributed by atoms with Gasteiger partial charge in [0.2, 0.25) is 0 Å². The second-order valence-electron chi connectivity index (χ2n) is 7.15. The molecule has 0 aliphatic heterocycles. The van der Waals surface area contributed by atoms with Crippen molar-refractivity contribution in [2.24, 2.45) is 0 Å². The number of thiocarbonyl (C=S) groups is 1. The molecule has 3 aromatic rings. The van der Waals surface area contributed by atoms with Crippen LogP contribution in [-0.4, -0.2) is 21.5 Å². The molecule has 30 heavy (non-hydrogen) atoms. The zero-order valence-electron chi connectivity index (χ0n) is 17.3. The minimum Gasteiger partial charge on any atom is -0.433 e. The van der Waals surface area contributed by atoms with Crippen LogP contribution in [-0.2, 0) is 6.54 Å². The number of aromatic nitrogens is 2. The molecule has 0 atom stereocenters. The molecular weight excluding hydrogens is 406 g/mol. The Morgan fingerprint density at radius 3 is 2.37 bits per heavy atom. The van der Waals surface area contributed by atoms with E-state index in [1.807, 2.05) is 18.5 Å². The van der Waals surface area contributed by atoms with Crippen molar-refractivity contribution in [2.75, 3.05) is 10.6 Å². The maximum atomic E-state index is 12.7. The van der Waals surface area contributed by atoms with E-state index in [0.717, 1.165) is 28.2 Å². The van der Waals surface area contributed by atoms with Crippen LogP contribution in [0, 0.1) is 27.7 Å². The molecule has 0 saturated carbocycles. The van der Waals surface area contributed by atoms with Gasteiger partial charge in [0.05, 0.1) is 29.3 Å². The lowest BCUT2D eigenvalue weighted by atomic mass is 10.1. The van der Waals surface area contributed by atoms with E-state index in [0.29, 0.717) is 12.2 Å². The first-order valence-corrected chi connectivity index (χ1v) is 9.87. The highest BCUT2D eigenvalue weighted by Crippen LogP contribution is 2.28. The summed E-state index contributed by atoms with van der Waals surface area (Å²) in [7, 11) is 0. The first-order chi connectivity index (χ1) is 14.2. The van der Waals surface area contributed by atoms with E-state index in [4.69, 9.17) is 12.2 Å². The Bertz CT molecular complexity index is 1050. The molecule has 158 valence electrons. The van der Waals surface area contributed by atoms with Crippen LogP contribution in [0.3, 0.4) is 0 Å². The van der Waals surface area contributed by atoms with Gasteiger partial charge in [-0.3, -0.25) is 4.68 Å². The van der Waals surface area contributed by atoms with Crippen molar-refractivity contribution in [3.8, 4) is 5.75 Å². The van der Waals surface area contributed by atoms with Gasteiger partial charge in [0, 0.05) is 0 Å². The summed E-state index contributed by atoms with van der Waals surface area (Å²) in [5.41, 5.74) is 6.01. The van der Waals surface area contributed by atoms with Crippen molar-refractivity contribution < 1.29 is 13.5 Å². The van der Waals surface area contributed by atoms with Gasteiger partial charge >= 0.3 is 6.61 Å². The van der Waals surface area contributed by atoms with E-state index in [2.05, 4.69) is 51.7 Å². The van der Waals surface area contributed by atoms with Crippen LogP contribution in [0.1, 0.15) is 28.1 Å². The molecule has 0 fully saturated rings. The van der Waals surface area contributed by atoms with Gasteiger partial charge in [0.1, 0.15) is 5.75 Å². The molecule has 0 unspecified atom stereocenters. The summed E-state index contributed by atoms with van der Waals surface area (Å²) < 4.78 is 31.9. The summed E-state index contributed by atoms with van der Waals surface area (Å²) in [6.45, 7) is 5.41. The third-order valence-electron chi connectivity index (χ3n) is 4.67. The molecule has 2 aromatic carbocycles. The first kappa shape index (κ1) is 21.7. The molecule has 8 heteroatoms. The number of nitrogens with one attached hydrogen (secondary N) is 2. The fraction of sp³-hybridized carbons (Fsp3) is 0.273. The van der Waals surface area contributed by atoms with Gasteiger partial charge in [0.25, 0.3) is 0 Å². The molecule has 0 aliphatic carbocycles. The van der Waals surface area contributed by atoms with Crippen molar-refractivity contribution in [2.45, 2.75) is 40.9 Å². The monoisotopic (exact) mass is 430 g/mol. The highest BCUT2D eigenvalue weighted by atomic mass is 32.1. The average Bonchev–Trinajstić information content (AvgIpc) is 2.93. The quantitative estimate of drug-likeness (QED) is 0.501. The summed E-state index contributed by atoms with van der Waals surface area (Å²) in [6.07, 6.45) is 0. The molecule has 0 amide bonds. The Balaban J connectivity index is 1.74. The number of anilines is 2. The third-order valence-corrected chi connectivity index (χ3v) is 4.88. The second kappa shape index (κ2) is 9.21. The van der Waals surface area contributed by atoms with Crippen LogP contribution in [0.15, 0.2) is 42.5 Å². The van der Waals surface area contributed by atoms with Crippen molar-refractivity contribution in [3.63, 3.8) is 0 Å². The minimum atomic E-state index is -2.92. The third kappa shape index (κ3) is 5.33. The zero-order chi connectivity index (χ0) is 21.8. The molecule has 0 spiro atoms. The Morgan fingerprint density at radius 1 is 1.03 bits per heavy atom. The van der Waals surface area contributed by atoms with Gasteiger partial charge in [0.15, 0.2) is 5.11 Å². The minimum absolute atomic E-state index is 0.0395. The largest absolute Gasteiger partial charge is 0.433 e. The summed E-state index contributed by atoms with van der Waals surface area (Å²) in [5, 5.41) is 10.9. The lowest BCUT2D eigenvalue weighted by Crippen LogP contribution is -2.21. The number of alkyl halides is 2. The van der Waals surface area contributed by atoms with E-state index in [-0.39, 0.29) is 10.9 Å². The number of halogens is 2. The summed E-state index contributed by atoms with van der Waals surface area (Å²) in [4.78, 5) is 0. The summed E-state index contributed by atoms with van der Waals surface area (Å²) in [6, 6.07) is 13.3. The molecule has 3 rings (SSSR count). The maximum absolute atomic E-state index is 12.7. The van der Waals surface area contributed by atoms with Crippen molar-refractivity contribution in [1.29, 1.82) is 0 Å². The molecule has 5 nitrogen and oxygen atoms in total. The van der Waals surface area contributed by atoms with Gasteiger partial charge in [-0.2, -0.15) is 13.9 Å². The SMILES string of the molecule is Cc1ccc(Cn2nc(C)c(NC(=S)Nc3ccc(C)cc3OC(F)F)c2C)cc1. The number of hydrogen-bond acceptors (Lipinski definition) is 3. The smallest absolute Gasteiger partial charge is 0.387 e. The van der Waals surface area contributed by atoms with Crippen LogP contribution in [0.25, 0.3) is 0 Å². The number of benzene rings is 2. The summed E-state index contributed by atoms with van der Waals surface area (Å²) >= 11 is 5.39. The Labute approximate surface area is 180 Å². The molecule has 1 aromatic heterocycles. The van der Waals surface area contributed by atoms with E-state index in [9.17, 15) is 8.78 Å².